The Bertz CT molecular complexity index is 1240. The van der Waals surface area contributed by atoms with Crippen molar-refractivity contribution >= 4 is 34.4 Å². The normalized spacial score (nSPS) is 23.1. The van der Waals surface area contributed by atoms with Gasteiger partial charge in [-0.2, -0.15) is 4.98 Å². The van der Waals surface area contributed by atoms with Crippen LogP contribution in [0, 0.1) is 5.41 Å². The molecular weight excluding hydrogens is 480 g/mol. The third-order valence-electron chi connectivity index (χ3n) is 8.00. The van der Waals surface area contributed by atoms with E-state index in [0.29, 0.717) is 53.6 Å². The number of aliphatic carboxylic acids is 1. The summed E-state index contributed by atoms with van der Waals surface area (Å²) in [5, 5.41) is 21.0. The van der Waals surface area contributed by atoms with Gasteiger partial charge in [-0.1, -0.05) is 23.7 Å². The number of aromatic amines is 1. The number of nitrogens with one attached hydrogen (secondary N) is 1. The summed E-state index contributed by atoms with van der Waals surface area (Å²) in [7, 11) is 0. The van der Waals surface area contributed by atoms with Gasteiger partial charge in [-0.25, -0.2) is 4.98 Å². The van der Waals surface area contributed by atoms with E-state index < -0.39 is 17.0 Å². The molecule has 2 fully saturated rings. The van der Waals surface area contributed by atoms with Crippen LogP contribution in [-0.4, -0.2) is 55.9 Å². The lowest BCUT2D eigenvalue weighted by atomic mass is 9.66. The molecule has 2 aliphatic rings. The van der Waals surface area contributed by atoms with Gasteiger partial charge in [-0.05, 0) is 77.0 Å². The summed E-state index contributed by atoms with van der Waals surface area (Å²) in [6.45, 7) is 5.34. The highest BCUT2D eigenvalue weighted by atomic mass is 35.5. The number of carbonyl (C=O) groups is 1. The number of aromatic nitrogens is 3. The Morgan fingerprint density at radius 3 is 2.44 bits per heavy atom. The fraction of sp³-hybridized carbons (Fsp3) is 0.519. The van der Waals surface area contributed by atoms with E-state index in [4.69, 9.17) is 21.3 Å². The van der Waals surface area contributed by atoms with Gasteiger partial charge in [0.05, 0.1) is 27.2 Å². The Balaban J connectivity index is 1.29. The number of ether oxygens (including phenoxy) is 1. The number of anilines is 1. The first-order chi connectivity index (χ1) is 17.2. The molecule has 3 aromatic rings. The molecule has 3 N–H and O–H groups in total. The number of nitrogens with zero attached hydrogens (tertiary/aromatic N) is 3. The number of imidazole rings is 1. The van der Waals surface area contributed by atoms with Crippen molar-refractivity contribution < 1.29 is 19.7 Å². The number of carboxylic acid groups (broad SMARTS) is 1. The van der Waals surface area contributed by atoms with Crippen LogP contribution in [-0.2, 0) is 4.79 Å². The van der Waals surface area contributed by atoms with Crippen LogP contribution in [0.2, 0.25) is 5.02 Å². The second-order valence-electron chi connectivity index (χ2n) is 10.6. The number of benzene rings is 1. The van der Waals surface area contributed by atoms with E-state index in [1.165, 1.54) is 24.9 Å². The molecule has 1 saturated heterocycles. The van der Waals surface area contributed by atoms with Gasteiger partial charge in [0.25, 0.3) is 6.01 Å². The molecule has 0 spiro atoms. The van der Waals surface area contributed by atoms with Crippen molar-refractivity contribution in [1.82, 2.24) is 15.0 Å². The Kier molecular flexibility index (Phi) is 6.59. The van der Waals surface area contributed by atoms with Crippen LogP contribution in [0.3, 0.4) is 0 Å². The fourth-order valence-electron chi connectivity index (χ4n) is 5.30. The summed E-state index contributed by atoms with van der Waals surface area (Å²) in [6, 6.07) is 10.5. The zero-order valence-corrected chi connectivity index (χ0v) is 21.5. The number of H-pyrrole nitrogens is 1. The molecule has 9 heteroatoms. The highest BCUT2D eigenvalue weighted by molar-refractivity contribution is 6.33. The van der Waals surface area contributed by atoms with Crippen molar-refractivity contribution in [2.45, 2.75) is 70.5 Å². The quantitative estimate of drug-likeness (QED) is 0.403. The van der Waals surface area contributed by atoms with Gasteiger partial charge in [0, 0.05) is 24.3 Å². The first-order valence-electron chi connectivity index (χ1n) is 12.7. The van der Waals surface area contributed by atoms with Gasteiger partial charge in [-0.3, -0.25) is 4.79 Å². The molecule has 1 aliphatic carbocycles. The third kappa shape index (κ3) is 4.64. The number of carboxylic acids is 1. The van der Waals surface area contributed by atoms with Crippen LogP contribution in [0.1, 0.15) is 58.8 Å². The van der Waals surface area contributed by atoms with Crippen molar-refractivity contribution in [1.29, 1.82) is 0 Å². The van der Waals surface area contributed by atoms with Gasteiger partial charge >= 0.3 is 5.97 Å². The topological polar surface area (TPSA) is 112 Å². The van der Waals surface area contributed by atoms with Crippen molar-refractivity contribution in [3.05, 3.63) is 35.4 Å². The van der Waals surface area contributed by atoms with E-state index in [-0.39, 0.29) is 6.10 Å². The van der Waals surface area contributed by atoms with Gasteiger partial charge in [0.2, 0.25) is 0 Å². The van der Waals surface area contributed by atoms with E-state index in [1.54, 1.807) is 13.8 Å². The molecule has 1 aliphatic heterocycles. The maximum atomic E-state index is 11.6. The number of rotatable bonds is 6. The summed E-state index contributed by atoms with van der Waals surface area (Å²) >= 11 is 6.59. The lowest BCUT2D eigenvalue weighted by Crippen LogP contribution is -2.52. The number of pyridine rings is 1. The molecule has 0 unspecified atom stereocenters. The summed E-state index contributed by atoms with van der Waals surface area (Å²) in [6.07, 6.45) is 5.36. The zero-order chi connectivity index (χ0) is 25.5. The molecule has 2 aromatic heterocycles. The molecule has 0 amide bonds. The smallest absolute Gasteiger partial charge is 0.312 e. The molecule has 192 valence electrons. The number of hydrogen-bond acceptors (Lipinski definition) is 6. The second kappa shape index (κ2) is 9.56. The minimum Gasteiger partial charge on any atom is -0.481 e. The predicted octanol–water partition coefficient (Wildman–Crippen LogP) is 5.43. The largest absolute Gasteiger partial charge is 0.481 e. The van der Waals surface area contributed by atoms with Crippen LogP contribution in [0.4, 0.5) is 5.69 Å². The Hall–Kier alpha value is -2.84. The standard InChI is InChI=1S/C27H33ClN4O4/c1-26(2,24(33)34)27(35)12-10-19(11-13-27)36-25-29-21-16-20(28)22(30-23(21)31-25)17-6-8-18(9-7-17)32-14-4-3-5-15-32/h6-9,16,19,35H,3-5,10-15H2,1-2H3,(H,33,34)(H,29,30,31). The van der Waals surface area contributed by atoms with E-state index in [1.807, 2.05) is 6.07 Å². The Morgan fingerprint density at radius 1 is 1.14 bits per heavy atom. The molecular formula is C27H33ClN4O4. The number of halogens is 1. The average molecular weight is 513 g/mol. The minimum absolute atomic E-state index is 0.173. The Morgan fingerprint density at radius 2 is 1.81 bits per heavy atom. The van der Waals surface area contributed by atoms with Crippen molar-refractivity contribution in [3.8, 4) is 17.3 Å². The monoisotopic (exact) mass is 512 g/mol. The van der Waals surface area contributed by atoms with E-state index >= 15 is 0 Å². The van der Waals surface area contributed by atoms with E-state index in [2.05, 4.69) is 39.1 Å². The fourth-order valence-corrected chi connectivity index (χ4v) is 5.57. The summed E-state index contributed by atoms with van der Waals surface area (Å²) in [5.74, 6) is -0.999. The number of piperidine rings is 1. The number of hydrogen-bond donors (Lipinski definition) is 3. The molecule has 1 saturated carbocycles. The van der Waals surface area contributed by atoms with Crippen LogP contribution in [0.25, 0.3) is 22.4 Å². The van der Waals surface area contributed by atoms with Gasteiger partial charge in [0.15, 0.2) is 5.65 Å². The molecule has 36 heavy (non-hydrogen) atoms. The maximum Gasteiger partial charge on any atom is 0.312 e. The summed E-state index contributed by atoms with van der Waals surface area (Å²) in [4.78, 5) is 26.4. The third-order valence-corrected chi connectivity index (χ3v) is 8.29. The SMILES string of the molecule is CC(C)(C(=O)O)C1(O)CCC(Oc2nc3nc(-c4ccc(N5CCCCC5)cc4)c(Cl)cc3[nH]2)CC1. The van der Waals surface area contributed by atoms with Gasteiger partial charge < -0.3 is 24.8 Å². The van der Waals surface area contributed by atoms with Crippen molar-refractivity contribution in [2.24, 2.45) is 5.41 Å². The van der Waals surface area contributed by atoms with Crippen molar-refractivity contribution in [2.75, 3.05) is 18.0 Å². The van der Waals surface area contributed by atoms with Crippen LogP contribution < -0.4 is 9.64 Å². The molecule has 5 rings (SSSR count). The van der Waals surface area contributed by atoms with E-state index in [9.17, 15) is 15.0 Å². The highest BCUT2D eigenvalue weighted by Gasteiger charge is 2.50. The molecule has 8 nitrogen and oxygen atoms in total. The van der Waals surface area contributed by atoms with Crippen LogP contribution >= 0.6 is 11.6 Å². The molecule has 0 atom stereocenters. The van der Waals surface area contributed by atoms with Crippen LogP contribution in [0.15, 0.2) is 30.3 Å². The summed E-state index contributed by atoms with van der Waals surface area (Å²) in [5.41, 5.74) is 1.54. The van der Waals surface area contributed by atoms with E-state index in [0.717, 1.165) is 18.7 Å². The maximum absolute atomic E-state index is 11.6. The molecule has 1 aromatic carbocycles. The first-order valence-corrected chi connectivity index (χ1v) is 13.1. The van der Waals surface area contributed by atoms with Gasteiger partial charge in [-0.15, -0.1) is 0 Å². The van der Waals surface area contributed by atoms with Crippen LogP contribution in [0.5, 0.6) is 6.01 Å². The zero-order valence-electron chi connectivity index (χ0n) is 20.8. The first kappa shape index (κ1) is 24.8. The molecule has 0 radical (unpaired) electrons. The summed E-state index contributed by atoms with van der Waals surface area (Å²) < 4.78 is 6.06. The number of aliphatic hydroxyl groups is 1. The second-order valence-corrected chi connectivity index (χ2v) is 11.0. The van der Waals surface area contributed by atoms with Gasteiger partial charge in [0.1, 0.15) is 6.10 Å². The lowest BCUT2D eigenvalue weighted by molar-refractivity contribution is -0.171. The lowest BCUT2D eigenvalue weighted by Gasteiger charge is -2.44. The average Bonchev–Trinajstić information content (AvgIpc) is 3.26. The minimum atomic E-state index is -1.26. The molecule has 3 heterocycles. The molecule has 0 bridgehead atoms. The van der Waals surface area contributed by atoms with Crippen molar-refractivity contribution in [3.63, 3.8) is 0 Å². The highest BCUT2D eigenvalue weighted by Crippen LogP contribution is 2.43. The Labute approximate surface area is 215 Å². The number of fused-ring (bicyclic) bond motifs is 1. The predicted molar refractivity (Wildman–Crippen MR) is 140 cm³/mol.